The molecular formula is C22H27ClN2O4S. The molecule has 1 aliphatic rings. The predicted molar refractivity (Wildman–Crippen MR) is 117 cm³/mol. The summed E-state index contributed by atoms with van der Waals surface area (Å²) in [7, 11) is -3.84. The topological polar surface area (TPSA) is 75.7 Å². The van der Waals surface area contributed by atoms with E-state index in [4.69, 9.17) is 16.3 Å². The highest BCUT2D eigenvalue weighted by Crippen LogP contribution is 2.32. The number of piperidine rings is 1. The van der Waals surface area contributed by atoms with E-state index in [0.29, 0.717) is 31.0 Å². The molecule has 0 saturated carbocycles. The number of carbonyl (C=O) groups excluding carboxylic acids is 1. The van der Waals surface area contributed by atoms with Crippen molar-refractivity contribution in [3.63, 3.8) is 0 Å². The minimum Gasteiger partial charge on any atom is -0.492 e. The molecule has 6 nitrogen and oxygen atoms in total. The zero-order valence-corrected chi connectivity index (χ0v) is 18.7. The minimum atomic E-state index is -3.84. The number of rotatable bonds is 7. The van der Waals surface area contributed by atoms with Crippen molar-refractivity contribution in [3.05, 3.63) is 59.1 Å². The average Bonchev–Trinajstić information content (AvgIpc) is 2.75. The number of ether oxygens (including phenoxy) is 1. The Balaban J connectivity index is 1.75. The third-order valence-electron chi connectivity index (χ3n) is 5.24. The first kappa shape index (κ1) is 22.6. The summed E-state index contributed by atoms with van der Waals surface area (Å²) < 4.78 is 33.5. The first-order chi connectivity index (χ1) is 14.3. The number of amides is 1. The van der Waals surface area contributed by atoms with Crippen LogP contribution in [0.15, 0.2) is 53.4 Å². The number of nitrogens with zero attached hydrogens (tertiary/aromatic N) is 1. The van der Waals surface area contributed by atoms with E-state index in [0.717, 1.165) is 5.56 Å². The summed E-state index contributed by atoms with van der Waals surface area (Å²) >= 11 is 6.05. The Bertz CT molecular complexity index is 982. The summed E-state index contributed by atoms with van der Waals surface area (Å²) in [6.45, 7) is 4.55. The van der Waals surface area contributed by atoms with Gasteiger partial charge in [-0.3, -0.25) is 4.79 Å². The highest BCUT2D eigenvalue weighted by Gasteiger charge is 2.35. The van der Waals surface area contributed by atoms with E-state index in [-0.39, 0.29) is 29.1 Å². The molecule has 30 heavy (non-hydrogen) atoms. The summed E-state index contributed by atoms with van der Waals surface area (Å²) in [5, 5.41) is 3.33. The van der Waals surface area contributed by atoms with Gasteiger partial charge in [-0.2, -0.15) is 4.31 Å². The summed E-state index contributed by atoms with van der Waals surface area (Å²) in [5.41, 5.74) is 1.01. The van der Waals surface area contributed by atoms with Gasteiger partial charge in [-0.1, -0.05) is 41.9 Å². The monoisotopic (exact) mass is 450 g/mol. The van der Waals surface area contributed by atoms with E-state index >= 15 is 0 Å². The zero-order chi connectivity index (χ0) is 21.7. The van der Waals surface area contributed by atoms with Crippen LogP contribution in [-0.4, -0.2) is 38.3 Å². The maximum absolute atomic E-state index is 13.3. The van der Waals surface area contributed by atoms with E-state index in [9.17, 15) is 13.2 Å². The Morgan fingerprint density at radius 2 is 2.00 bits per heavy atom. The van der Waals surface area contributed by atoms with Crippen molar-refractivity contribution in [1.29, 1.82) is 0 Å². The van der Waals surface area contributed by atoms with Crippen molar-refractivity contribution in [3.8, 4) is 5.75 Å². The van der Waals surface area contributed by atoms with Crippen LogP contribution in [0.5, 0.6) is 5.75 Å². The molecule has 0 unspecified atom stereocenters. The second kappa shape index (κ2) is 9.81. The molecule has 0 radical (unpaired) electrons. The van der Waals surface area contributed by atoms with Gasteiger partial charge in [0, 0.05) is 18.1 Å². The summed E-state index contributed by atoms with van der Waals surface area (Å²) in [5.74, 6) is -0.275. The standard InChI is InChI=1S/C22H27ClN2O4S/c1-3-29-20-12-11-19(23)14-21(20)30(27,28)25-13-7-10-18(15-25)22(26)24-16(2)17-8-5-4-6-9-17/h4-6,8-9,11-12,14,16,18H,3,7,10,13,15H2,1-2H3,(H,24,26)/t16-,18+/m1/s1. The highest BCUT2D eigenvalue weighted by atomic mass is 35.5. The zero-order valence-electron chi connectivity index (χ0n) is 17.2. The van der Waals surface area contributed by atoms with Crippen molar-refractivity contribution >= 4 is 27.5 Å². The first-order valence-electron chi connectivity index (χ1n) is 10.1. The van der Waals surface area contributed by atoms with Gasteiger partial charge in [0.25, 0.3) is 0 Å². The van der Waals surface area contributed by atoms with Gasteiger partial charge in [0.1, 0.15) is 10.6 Å². The number of hydrogen-bond donors (Lipinski definition) is 1. The smallest absolute Gasteiger partial charge is 0.246 e. The van der Waals surface area contributed by atoms with Gasteiger partial charge in [0.05, 0.1) is 18.6 Å². The molecule has 0 aromatic heterocycles. The molecule has 0 bridgehead atoms. The van der Waals surface area contributed by atoms with Crippen molar-refractivity contribution in [2.45, 2.75) is 37.6 Å². The quantitative estimate of drug-likeness (QED) is 0.691. The SMILES string of the molecule is CCOc1ccc(Cl)cc1S(=O)(=O)N1CCC[C@H](C(=O)N[C@H](C)c2ccccc2)C1. The highest BCUT2D eigenvalue weighted by molar-refractivity contribution is 7.89. The molecule has 2 aromatic carbocycles. The number of hydrogen-bond acceptors (Lipinski definition) is 4. The Morgan fingerprint density at radius 1 is 1.27 bits per heavy atom. The molecular weight excluding hydrogens is 424 g/mol. The lowest BCUT2D eigenvalue weighted by Crippen LogP contribution is -2.45. The molecule has 2 aromatic rings. The van der Waals surface area contributed by atoms with Crippen molar-refractivity contribution in [2.24, 2.45) is 5.92 Å². The number of nitrogens with one attached hydrogen (secondary N) is 1. The van der Waals surface area contributed by atoms with E-state index < -0.39 is 15.9 Å². The van der Waals surface area contributed by atoms with Gasteiger partial charge in [0.2, 0.25) is 15.9 Å². The number of benzene rings is 2. The lowest BCUT2D eigenvalue weighted by molar-refractivity contribution is -0.126. The molecule has 0 aliphatic carbocycles. The van der Waals surface area contributed by atoms with Crippen LogP contribution in [0.3, 0.4) is 0 Å². The Morgan fingerprint density at radius 3 is 2.70 bits per heavy atom. The fourth-order valence-electron chi connectivity index (χ4n) is 3.63. The van der Waals surface area contributed by atoms with E-state index in [1.165, 1.54) is 10.4 Å². The van der Waals surface area contributed by atoms with E-state index in [1.807, 2.05) is 37.3 Å². The van der Waals surface area contributed by atoms with Crippen LogP contribution in [0.1, 0.15) is 38.3 Å². The van der Waals surface area contributed by atoms with Crippen LogP contribution < -0.4 is 10.1 Å². The van der Waals surface area contributed by atoms with Gasteiger partial charge in [-0.25, -0.2) is 8.42 Å². The lowest BCUT2D eigenvalue weighted by Gasteiger charge is -2.32. The first-order valence-corrected chi connectivity index (χ1v) is 11.9. The molecule has 2 atom stereocenters. The summed E-state index contributed by atoms with van der Waals surface area (Å²) in [6, 6.07) is 14.1. The molecule has 1 N–H and O–H groups in total. The molecule has 1 amide bonds. The maximum Gasteiger partial charge on any atom is 0.246 e. The number of sulfonamides is 1. The lowest BCUT2D eigenvalue weighted by atomic mass is 9.98. The van der Waals surface area contributed by atoms with Gasteiger partial charge >= 0.3 is 0 Å². The fourth-order valence-corrected chi connectivity index (χ4v) is 5.55. The third-order valence-corrected chi connectivity index (χ3v) is 7.36. The second-order valence-corrected chi connectivity index (χ2v) is 9.71. The van der Waals surface area contributed by atoms with Crippen molar-refractivity contribution in [2.75, 3.05) is 19.7 Å². The van der Waals surface area contributed by atoms with Crippen LogP contribution in [0.4, 0.5) is 0 Å². The molecule has 1 saturated heterocycles. The second-order valence-electron chi connectivity index (χ2n) is 7.37. The van der Waals surface area contributed by atoms with Gasteiger partial charge in [0.15, 0.2) is 0 Å². The largest absolute Gasteiger partial charge is 0.492 e. The van der Waals surface area contributed by atoms with Gasteiger partial charge in [-0.15, -0.1) is 0 Å². The average molecular weight is 451 g/mol. The summed E-state index contributed by atoms with van der Waals surface area (Å²) in [6.07, 6.45) is 1.26. The molecule has 1 heterocycles. The van der Waals surface area contributed by atoms with Crippen LogP contribution in [0, 0.1) is 5.92 Å². The number of halogens is 1. The van der Waals surface area contributed by atoms with Gasteiger partial charge < -0.3 is 10.1 Å². The molecule has 1 aliphatic heterocycles. The number of carbonyl (C=O) groups is 1. The third kappa shape index (κ3) is 5.14. The molecule has 1 fully saturated rings. The minimum absolute atomic E-state index is 0.0376. The van der Waals surface area contributed by atoms with Crippen LogP contribution in [-0.2, 0) is 14.8 Å². The van der Waals surface area contributed by atoms with Crippen LogP contribution >= 0.6 is 11.6 Å². The van der Waals surface area contributed by atoms with Crippen molar-refractivity contribution < 1.29 is 17.9 Å². The van der Waals surface area contributed by atoms with Crippen LogP contribution in [0.25, 0.3) is 0 Å². The molecule has 0 spiro atoms. The van der Waals surface area contributed by atoms with Gasteiger partial charge in [-0.05, 0) is 50.5 Å². The summed E-state index contributed by atoms with van der Waals surface area (Å²) in [4.78, 5) is 12.9. The maximum atomic E-state index is 13.3. The molecule has 8 heteroatoms. The van der Waals surface area contributed by atoms with E-state index in [2.05, 4.69) is 5.32 Å². The predicted octanol–water partition coefficient (Wildman–Crippen LogP) is 4.02. The Labute approximate surface area is 183 Å². The fraction of sp³-hybridized carbons (Fsp3) is 0.409. The van der Waals surface area contributed by atoms with Crippen molar-refractivity contribution in [1.82, 2.24) is 9.62 Å². The normalized spacial score (nSPS) is 18.6. The molecule has 3 rings (SSSR count). The van der Waals surface area contributed by atoms with E-state index in [1.54, 1.807) is 19.1 Å². The Kier molecular flexibility index (Phi) is 7.39. The Hall–Kier alpha value is -2.09. The van der Waals surface area contributed by atoms with Crippen LogP contribution in [0.2, 0.25) is 5.02 Å². The molecule has 162 valence electrons.